The van der Waals surface area contributed by atoms with Crippen molar-refractivity contribution < 1.29 is 23.1 Å². The average Bonchev–Trinajstić information content (AvgIpc) is 2.75. The van der Waals surface area contributed by atoms with Gasteiger partial charge in [-0.05, 0) is 48.5 Å². The minimum atomic E-state index is -2.95. The number of nitrogens with one attached hydrogen (secondary N) is 3. The average molecular weight is 423 g/mol. The van der Waals surface area contributed by atoms with E-state index in [2.05, 4.69) is 20.7 Å². The number of hydrogen-bond donors (Lipinski definition) is 3. The molecule has 158 valence electrons. The molecule has 3 aromatic rings. The number of carbonyl (C=O) groups is 2. The number of para-hydroxylation sites is 2. The second kappa shape index (κ2) is 10.5. The fourth-order valence-corrected chi connectivity index (χ4v) is 2.62. The van der Waals surface area contributed by atoms with E-state index in [9.17, 15) is 18.4 Å². The quantitative estimate of drug-likeness (QED) is 0.434. The van der Waals surface area contributed by atoms with Crippen LogP contribution in [0.4, 0.5) is 30.6 Å². The molecular formula is C23H19F2N3O3. The molecule has 0 heterocycles. The van der Waals surface area contributed by atoms with Gasteiger partial charge in [0.15, 0.2) is 0 Å². The van der Waals surface area contributed by atoms with E-state index < -0.39 is 18.5 Å². The normalized spacial score (nSPS) is 10.7. The first-order chi connectivity index (χ1) is 15.0. The van der Waals surface area contributed by atoms with E-state index in [1.807, 2.05) is 18.2 Å². The SMILES string of the molecule is O=C(/C=C/c1ccccc1OC(F)F)Nc1ccc(NC(=O)Nc2ccccc2)cc1. The molecule has 31 heavy (non-hydrogen) atoms. The zero-order valence-electron chi connectivity index (χ0n) is 16.2. The Labute approximate surface area is 177 Å². The van der Waals surface area contributed by atoms with E-state index >= 15 is 0 Å². The number of carbonyl (C=O) groups excluding carboxylic acids is 2. The highest BCUT2D eigenvalue weighted by Crippen LogP contribution is 2.21. The molecule has 0 aliphatic rings. The van der Waals surface area contributed by atoms with Gasteiger partial charge in [0.2, 0.25) is 5.91 Å². The van der Waals surface area contributed by atoms with Crippen molar-refractivity contribution >= 4 is 35.1 Å². The van der Waals surface area contributed by atoms with Crippen molar-refractivity contribution in [1.29, 1.82) is 0 Å². The highest BCUT2D eigenvalue weighted by Gasteiger charge is 2.08. The smallest absolute Gasteiger partial charge is 0.387 e. The van der Waals surface area contributed by atoms with Gasteiger partial charge in [0.05, 0.1) is 0 Å². The van der Waals surface area contributed by atoms with Gasteiger partial charge < -0.3 is 20.7 Å². The lowest BCUT2D eigenvalue weighted by molar-refractivity contribution is -0.111. The van der Waals surface area contributed by atoms with Crippen LogP contribution in [0.25, 0.3) is 6.08 Å². The second-order valence-corrected chi connectivity index (χ2v) is 6.26. The minimum absolute atomic E-state index is 0.0224. The van der Waals surface area contributed by atoms with Gasteiger partial charge in [-0.1, -0.05) is 36.4 Å². The molecule has 8 heteroatoms. The fourth-order valence-electron chi connectivity index (χ4n) is 2.62. The Morgan fingerprint density at radius 3 is 1.94 bits per heavy atom. The summed E-state index contributed by atoms with van der Waals surface area (Å²) in [6.07, 6.45) is 2.60. The van der Waals surface area contributed by atoms with Gasteiger partial charge in [-0.2, -0.15) is 8.78 Å². The summed E-state index contributed by atoms with van der Waals surface area (Å²) >= 11 is 0. The number of rotatable bonds is 7. The number of halogens is 2. The summed E-state index contributed by atoms with van der Waals surface area (Å²) in [5.41, 5.74) is 2.05. The Hall–Kier alpha value is -4.20. The molecular weight excluding hydrogens is 404 g/mol. The van der Waals surface area contributed by atoms with Gasteiger partial charge in [-0.3, -0.25) is 4.79 Å². The summed E-state index contributed by atoms with van der Waals surface area (Å²) in [4.78, 5) is 24.1. The topological polar surface area (TPSA) is 79.5 Å². The van der Waals surface area contributed by atoms with Crippen LogP contribution in [0.15, 0.2) is 84.9 Å². The number of urea groups is 1. The van der Waals surface area contributed by atoms with E-state index in [0.29, 0.717) is 22.6 Å². The van der Waals surface area contributed by atoms with Gasteiger partial charge >= 0.3 is 12.6 Å². The first kappa shape index (κ1) is 21.5. The van der Waals surface area contributed by atoms with Crippen LogP contribution in [0, 0.1) is 0 Å². The molecule has 0 aliphatic carbocycles. The van der Waals surface area contributed by atoms with Crippen LogP contribution in [0.1, 0.15) is 5.56 Å². The van der Waals surface area contributed by atoms with Crippen molar-refractivity contribution in [2.45, 2.75) is 6.61 Å². The Morgan fingerprint density at radius 1 is 0.742 bits per heavy atom. The largest absolute Gasteiger partial charge is 0.434 e. The van der Waals surface area contributed by atoms with Gasteiger partial charge in [-0.25, -0.2) is 4.79 Å². The molecule has 0 spiro atoms. The predicted octanol–water partition coefficient (Wildman–Crippen LogP) is 5.58. The summed E-state index contributed by atoms with van der Waals surface area (Å²) in [6, 6.07) is 21.3. The zero-order valence-corrected chi connectivity index (χ0v) is 16.2. The monoisotopic (exact) mass is 423 g/mol. The van der Waals surface area contributed by atoms with E-state index in [1.165, 1.54) is 18.2 Å². The number of hydrogen-bond acceptors (Lipinski definition) is 3. The van der Waals surface area contributed by atoms with Gasteiger partial charge in [0, 0.05) is 28.7 Å². The molecule has 0 atom stereocenters. The molecule has 0 saturated carbocycles. The van der Waals surface area contributed by atoms with Crippen molar-refractivity contribution in [1.82, 2.24) is 0 Å². The number of alkyl halides is 2. The number of anilines is 3. The molecule has 0 radical (unpaired) electrons. The maximum Gasteiger partial charge on any atom is 0.387 e. The van der Waals surface area contributed by atoms with Gasteiger partial charge in [-0.15, -0.1) is 0 Å². The Bertz CT molecular complexity index is 1060. The highest BCUT2D eigenvalue weighted by atomic mass is 19.3. The third-order valence-corrected chi connectivity index (χ3v) is 3.99. The predicted molar refractivity (Wildman–Crippen MR) is 116 cm³/mol. The summed E-state index contributed by atoms with van der Waals surface area (Å²) < 4.78 is 29.3. The van der Waals surface area contributed by atoms with Crippen molar-refractivity contribution in [2.75, 3.05) is 16.0 Å². The molecule has 0 aliphatic heterocycles. The van der Waals surface area contributed by atoms with Crippen LogP contribution in [0.2, 0.25) is 0 Å². The molecule has 6 nitrogen and oxygen atoms in total. The number of amides is 3. The standard InChI is InChI=1S/C23H19F2N3O3/c24-22(25)31-20-9-5-4-6-16(20)10-15-21(29)26-18-11-13-19(14-12-18)28-23(30)27-17-7-2-1-3-8-17/h1-15,22H,(H,26,29)(H2,27,28,30)/b15-10+. The van der Waals surface area contributed by atoms with Gasteiger partial charge in [0.25, 0.3) is 0 Å². The van der Waals surface area contributed by atoms with Crippen LogP contribution in [0.5, 0.6) is 5.75 Å². The molecule has 0 fully saturated rings. The number of benzene rings is 3. The molecule has 3 rings (SSSR count). The minimum Gasteiger partial charge on any atom is -0.434 e. The lowest BCUT2D eigenvalue weighted by Crippen LogP contribution is -2.19. The van der Waals surface area contributed by atoms with E-state index in [-0.39, 0.29) is 5.75 Å². The Kier molecular flexibility index (Phi) is 7.31. The second-order valence-electron chi connectivity index (χ2n) is 6.26. The third kappa shape index (κ3) is 6.97. The van der Waals surface area contributed by atoms with E-state index in [0.717, 1.165) is 0 Å². The Balaban J connectivity index is 1.54. The summed E-state index contributed by atoms with van der Waals surface area (Å²) in [5.74, 6) is -0.472. The molecule has 0 aromatic heterocycles. The van der Waals surface area contributed by atoms with Crippen molar-refractivity contribution in [3.05, 3.63) is 90.5 Å². The lowest BCUT2D eigenvalue weighted by atomic mass is 10.2. The molecule has 3 aromatic carbocycles. The molecule has 3 amide bonds. The first-order valence-corrected chi connectivity index (χ1v) is 9.25. The van der Waals surface area contributed by atoms with E-state index in [1.54, 1.807) is 54.6 Å². The summed E-state index contributed by atoms with van der Waals surface area (Å²) in [5, 5.41) is 8.04. The maximum absolute atomic E-state index is 12.5. The van der Waals surface area contributed by atoms with Crippen LogP contribution >= 0.6 is 0 Å². The van der Waals surface area contributed by atoms with E-state index in [4.69, 9.17) is 0 Å². The highest BCUT2D eigenvalue weighted by molar-refractivity contribution is 6.03. The first-order valence-electron chi connectivity index (χ1n) is 9.25. The fraction of sp³-hybridized carbons (Fsp3) is 0.0435. The maximum atomic E-state index is 12.5. The summed E-state index contributed by atoms with van der Waals surface area (Å²) in [7, 11) is 0. The number of ether oxygens (including phenoxy) is 1. The van der Waals surface area contributed by atoms with Crippen LogP contribution in [-0.2, 0) is 4.79 Å². The molecule has 3 N–H and O–H groups in total. The van der Waals surface area contributed by atoms with Crippen LogP contribution in [-0.4, -0.2) is 18.5 Å². The van der Waals surface area contributed by atoms with Crippen molar-refractivity contribution in [3.63, 3.8) is 0 Å². The lowest BCUT2D eigenvalue weighted by Gasteiger charge is -2.09. The molecule has 0 saturated heterocycles. The molecule has 0 bridgehead atoms. The third-order valence-electron chi connectivity index (χ3n) is 3.99. The van der Waals surface area contributed by atoms with Crippen LogP contribution in [0.3, 0.4) is 0 Å². The zero-order chi connectivity index (χ0) is 22.1. The van der Waals surface area contributed by atoms with Crippen molar-refractivity contribution in [2.24, 2.45) is 0 Å². The Morgan fingerprint density at radius 2 is 1.29 bits per heavy atom. The van der Waals surface area contributed by atoms with Gasteiger partial charge in [0.1, 0.15) is 5.75 Å². The summed E-state index contributed by atoms with van der Waals surface area (Å²) in [6.45, 7) is -2.95. The molecule has 0 unspecified atom stereocenters. The van der Waals surface area contributed by atoms with Crippen molar-refractivity contribution in [3.8, 4) is 5.75 Å². The van der Waals surface area contributed by atoms with Crippen LogP contribution < -0.4 is 20.7 Å².